The summed E-state index contributed by atoms with van der Waals surface area (Å²) >= 11 is 0. The Bertz CT molecular complexity index is 396. The molecule has 0 spiro atoms. The summed E-state index contributed by atoms with van der Waals surface area (Å²) in [6, 6.07) is 7.67. The third-order valence-electron chi connectivity index (χ3n) is 2.43. The van der Waals surface area contributed by atoms with Crippen LogP contribution in [0.25, 0.3) is 0 Å². The Hall–Kier alpha value is -1.75. The van der Waals surface area contributed by atoms with Crippen LogP contribution in [0, 0.1) is 0 Å². The van der Waals surface area contributed by atoms with Crippen molar-refractivity contribution in [2.24, 2.45) is 0 Å². The molecule has 1 atom stereocenters. The second kappa shape index (κ2) is 8.37. The van der Waals surface area contributed by atoms with Gasteiger partial charge in [-0.1, -0.05) is 13.0 Å². The van der Waals surface area contributed by atoms with E-state index < -0.39 is 6.29 Å². The highest BCUT2D eigenvalue weighted by atomic mass is 16.7. The first kappa shape index (κ1) is 15.3. The first-order chi connectivity index (χ1) is 9.15. The Balaban J connectivity index is 2.37. The molecule has 0 fully saturated rings. The molecule has 0 aliphatic carbocycles. The van der Waals surface area contributed by atoms with E-state index >= 15 is 0 Å². The lowest BCUT2D eigenvalue weighted by Gasteiger charge is -2.16. The Labute approximate surface area is 114 Å². The van der Waals surface area contributed by atoms with Gasteiger partial charge < -0.3 is 20.1 Å². The molecule has 0 saturated heterocycles. The summed E-state index contributed by atoms with van der Waals surface area (Å²) in [5.41, 5.74) is 1.01. The molecule has 0 heterocycles. The van der Waals surface area contributed by atoms with Crippen LogP contribution in [0.2, 0.25) is 0 Å². The zero-order valence-corrected chi connectivity index (χ0v) is 11.7. The summed E-state index contributed by atoms with van der Waals surface area (Å²) in [4.78, 5) is 11.0. The van der Waals surface area contributed by atoms with Gasteiger partial charge in [0.1, 0.15) is 12.5 Å². The van der Waals surface area contributed by atoms with E-state index in [1.807, 2.05) is 31.2 Å². The van der Waals surface area contributed by atoms with E-state index in [9.17, 15) is 4.79 Å². The van der Waals surface area contributed by atoms with Crippen LogP contribution in [0.5, 0.6) is 5.75 Å². The van der Waals surface area contributed by atoms with E-state index in [4.69, 9.17) is 9.47 Å². The lowest BCUT2D eigenvalue weighted by molar-refractivity contribution is -0.126. The standard InChI is InChI=1S/C14H22N2O3/c1-4-14(17)16-10-18-11(3)19-13-8-6-7-12(9-13)15-5-2/h6-9,11,15H,4-5,10H2,1-3H3,(H,16,17). The zero-order valence-electron chi connectivity index (χ0n) is 11.7. The van der Waals surface area contributed by atoms with Crippen LogP contribution in [0.4, 0.5) is 5.69 Å². The molecule has 1 aromatic rings. The molecule has 5 nitrogen and oxygen atoms in total. The molecule has 19 heavy (non-hydrogen) atoms. The molecule has 0 aliphatic heterocycles. The smallest absolute Gasteiger partial charge is 0.221 e. The topological polar surface area (TPSA) is 59.6 Å². The average molecular weight is 266 g/mol. The SMILES string of the molecule is CCNc1cccc(OC(C)OCNC(=O)CC)c1. The molecule has 1 amide bonds. The second-order valence-electron chi connectivity index (χ2n) is 4.01. The van der Waals surface area contributed by atoms with Crippen LogP contribution in [0.1, 0.15) is 27.2 Å². The van der Waals surface area contributed by atoms with Crippen molar-refractivity contribution >= 4 is 11.6 Å². The van der Waals surface area contributed by atoms with Gasteiger partial charge in [-0.2, -0.15) is 0 Å². The van der Waals surface area contributed by atoms with E-state index in [-0.39, 0.29) is 12.6 Å². The minimum atomic E-state index is -0.422. The largest absolute Gasteiger partial charge is 0.465 e. The summed E-state index contributed by atoms with van der Waals surface area (Å²) in [7, 11) is 0. The number of carbonyl (C=O) groups excluding carboxylic acids is 1. The van der Waals surface area contributed by atoms with Gasteiger partial charge in [0.2, 0.25) is 5.91 Å². The highest BCUT2D eigenvalue weighted by Crippen LogP contribution is 2.18. The van der Waals surface area contributed by atoms with Gasteiger partial charge in [0.25, 0.3) is 0 Å². The molecule has 0 radical (unpaired) electrons. The first-order valence-corrected chi connectivity index (χ1v) is 6.54. The maximum Gasteiger partial charge on any atom is 0.221 e. The number of benzene rings is 1. The van der Waals surface area contributed by atoms with Crippen molar-refractivity contribution < 1.29 is 14.3 Å². The third-order valence-corrected chi connectivity index (χ3v) is 2.43. The van der Waals surface area contributed by atoms with Crippen molar-refractivity contribution in [3.63, 3.8) is 0 Å². The molecule has 0 saturated carbocycles. The summed E-state index contributed by atoms with van der Waals surface area (Å²) in [5, 5.41) is 5.84. The molecular formula is C14H22N2O3. The van der Waals surface area contributed by atoms with Crippen molar-refractivity contribution in [1.29, 1.82) is 0 Å². The van der Waals surface area contributed by atoms with Crippen LogP contribution < -0.4 is 15.4 Å². The van der Waals surface area contributed by atoms with Gasteiger partial charge in [0.05, 0.1) is 0 Å². The van der Waals surface area contributed by atoms with Crippen molar-refractivity contribution in [2.75, 3.05) is 18.6 Å². The average Bonchev–Trinajstić information content (AvgIpc) is 2.39. The number of amides is 1. The first-order valence-electron chi connectivity index (χ1n) is 6.54. The van der Waals surface area contributed by atoms with Gasteiger partial charge in [0.15, 0.2) is 6.29 Å². The van der Waals surface area contributed by atoms with E-state index in [0.29, 0.717) is 6.42 Å². The zero-order chi connectivity index (χ0) is 14.1. The van der Waals surface area contributed by atoms with Gasteiger partial charge in [0, 0.05) is 24.7 Å². The Morgan fingerprint density at radius 2 is 2.16 bits per heavy atom. The van der Waals surface area contributed by atoms with E-state index in [1.165, 1.54) is 0 Å². The number of anilines is 1. The Morgan fingerprint density at radius 1 is 1.37 bits per heavy atom. The number of carbonyl (C=O) groups is 1. The quantitative estimate of drug-likeness (QED) is 0.709. The van der Waals surface area contributed by atoms with Crippen LogP contribution in [-0.4, -0.2) is 25.5 Å². The maximum absolute atomic E-state index is 11.0. The maximum atomic E-state index is 11.0. The highest BCUT2D eigenvalue weighted by molar-refractivity contribution is 5.75. The normalized spacial score (nSPS) is 11.7. The van der Waals surface area contributed by atoms with Gasteiger partial charge in [-0.15, -0.1) is 0 Å². The minimum Gasteiger partial charge on any atom is -0.465 e. The van der Waals surface area contributed by atoms with Gasteiger partial charge >= 0.3 is 0 Å². The monoisotopic (exact) mass is 266 g/mol. The van der Waals surface area contributed by atoms with Crippen molar-refractivity contribution in [3.05, 3.63) is 24.3 Å². The van der Waals surface area contributed by atoms with Crippen molar-refractivity contribution in [3.8, 4) is 5.75 Å². The lowest BCUT2D eigenvalue weighted by atomic mass is 10.3. The van der Waals surface area contributed by atoms with Crippen molar-refractivity contribution in [2.45, 2.75) is 33.5 Å². The number of nitrogens with one attached hydrogen (secondary N) is 2. The van der Waals surface area contributed by atoms with E-state index in [0.717, 1.165) is 18.0 Å². The molecular weight excluding hydrogens is 244 g/mol. The van der Waals surface area contributed by atoms with Crippen LogP contribution >= 0.6 is 0 Å². The summed E-state index contributed by atoms with van der Waals surface area (Å²) in [6.07, 6.45) is 0.0256. The van der Waals surface area contributed by atoms with Gasteiger partial charge in [-0.25, -0.2) is 0 Å². The molecule has 0 bridgehead atoms. The molecule has 106 valence electrons. The highest BCUT2D eigenvalue weighted by Gasteiger charge is 2.05. The fourth-order valence-electron chi connectivity index (χ4n) is 1.47. The molecule has 1 rings (SSSR count). The number of ether oxygens (including phenoxy) is 2. The fourth-order valence-corrected chi connectivity index (χ4v) is 1.47. The summed E-state index contributed by atoms with van der Waals surface area (Å²) < 4.78 is 10.9. The molecule has 1 aromatic carbocycles. The second-order valence-corrected chi connectivity index (χ2v) is 4.01. The predicted octanol–water partition coefficient (Wildman–Crippen LogP) is 2.34. The number of rotatable bonds is 8. The molecule has 2 N–H and O–H groups in total. The minimum absolute atomic E-state index is 0.0404. The third kappa shape index (κ3) is 6.10. The van der Waals surface area contributed by atoms with E-state index in [1.54, 1.807) is 13.8 Å². The van der Waals surface area contributed by atoms with Crippen LogP contribution in [0.3, 0.4) is 0 Å². The van der Waals surface area contributed by atoms with Crippen LogP contribution in [-0.2, 0) is 9.53 Å². The molecule has 5 heteroatoms. The van der Waals surface area contributed by atoms with Crippen LogP contribution in [0.15, 0.2) is 24.3 Å². The van der Waals surface area contributed by atoms with Gasteiger partial charge in [-0.3, -0.25) is 4.79 Å². The van der Waals surface area contributed by atoms with Crippen molar-refractivity contribution in [1.82, 2.24) is 5.32 Å². The molecule has 0 aliphatic rings. The summed E-state index contributed by atoms with van der Waals surface area (Å²) in [6.45, 7) is 6.63. The predicted molar refractivity (Wildman–Crippen MR) is 75.1 cm³/mol. The molecule has 1 unspecified atom stereocenters. The van der Waals surface area contributed by atoms with E-state index in [2.05, 4.69) is 10.6 Å². The lowest BCUT2D eigenvalue weighted by Crippen LogP contribution is -2.29. The Kier molecular flexibility index (Phi) is 6.74. The fraction of sp³-hybridized carbons (Fsp3) is 0.500. The molecule has 0 aromatic heterocycles. The summed E-state index contributed by atoms with van der Waals surface area (Å²) in [5.74, 6) is 0.689. The number of hydrogen-bond donors (Lipinski definition) is 2. The number of hydrogen-bond acceptors (Lipinski definition) is 4. The van der Waals surface area contributed by atoms with Gasteiger partial charge in [-0.05, 0) is 26.0 Å². The Morgan fingerprint density at radius 3 is 2.84 bits per heavy atom.